The fourth-order valence-corrected chi connectivity index (χ4v) is 1.70. The number of hydrogen-bond acceptors (Lipinski definition) is 7. The molecule has 8 heteroatoms. The lowest BCUT2D eigenvalue weighted by Crippen LogP contribution is -2.03. The molecule has 0 N–H and O–H groups in total. The van der Waals surface area contributed by atoms with Gasteiger partial charge >= 0.3 is 5.82 Å². The van der Waals surface area contributed by atoms with Crippen molar-refractivity contribution in [2.75, 3.05) is 0 Å². The van der Waals surface area contributed by atoms with Gasteiger partial charge < -0.3 is 19.4 Å². The molecule has 0 aliphatic rings. The third kappa shape index (κ3) is 3.98. The summed E-state index contributed by atoms with van der Waals surface area (Å²) in [6, 6.07) is 3.15. The van der Waals surface area contributed by atoms with Crippen molar-refractivity contribution in [1.82, 2.24) is 15.1 Å². The van der Waals surface area contributed by atoms with Crippen molar-refractivity contribution < 1.29 is 14.2 Å². The molecule has 0 atom stereocenters. The summed E-state index contributed by atoms with van der Waals surface area (Å²) in [5.74, 6) is 1.05. The SMILES string of the molecule is Cc1ccc(OCc2noc(CC(C)C)n2)c([N+](=O)[O-])n1. The Morgan fingerprint density at radius 3 is 2.81 bits per heavy atom. The van der Waals surface area contributed by atoms with Crippen molar-refractivity contribution in [3.63, 3.8) is 0 Å². The molecule has 112 valence electrons. The van der Waals surface area contributed by atoms with Gasteiger partial charge in [0.2, 0.25) is 17.5 Å². The van der Waals surface area contributed by atoms with E-state index < -0.39 is 4.92 Å². The van der Waals surface area contributed by atoms with Crippen LogP contribution in [0.5, 0.6) is 5.75 Å². The lowest BCUT2D eigenvalue weighted by atomic mass is 10.1. The number of hydrogen-bond donors (Lipinski definition) is 0. The molecule has 0 fully saturated rings. The fourth-order valence-electron chi connectivity index (χ4n) is 1.70. The minimum Gasteiger partial charge on any atom is -0.477 e. The average molecular weight is 292 g/mol. The van der Waals surface area contributed by atoms with E-state index in [1.165, 1.54) is 6.07 Å². The Morgan fingerprint density at radius 2 is 2.14 bits per heavy atom. The highest BCUT2D eigenvalue weighted by molar-refractivity contribution is 5.40. The molecular weight excluding hydrogens is 276 g/mol. The second kappa shape index (κ2) is 6.29. The van der Waals surface area contributed by atoms with E-state index in [9.17, 15) is 10.1 Å². The normalized spacial score (nSPS) is 10.9. The Kier molecular flexibility index (Phi) is 4.46. The first-order valence-electron chi connectivity index (χ1n) is 6.52. The molecule has 2 aromatic rings. The van der Waals surface area contributed by atoms with Crippen LogP contribution in [0.2, 0.25) is 0 Å². The smallest absolute Gasteiger partial charge is 0.406 e. The van der Waals surface area contributed by atoms with E-state index >= 15 is 0 Å². The van der Waals surface area contributed by atoms with E-state index in [1.54, 1.807) is 13.0 Å². The molecule has 2 rings (SSSR count). The molecule has 2 heterocycles. The van der Waals surface area contributed by atoms with E-state index in [-0.39, 0.29) is 18.2 Å². The van der Waals surface area contributed by atoms with Crippen molar-refractivity contribution in [3.05, 3.63) is 39.7 Å². The van der Waals surface area contributed by atoms with Crippen molar-refractivity contribution in [2.24, 2.45) is 5.92 Å². The molecule has 0 aromatic carbocycles. The van der Waals surface area contributed by atoms with Crippen LogP contribution in [-0.2, 0) is 13.0 Å². The molecule has 2 aromatic heterocycles. The fraction of sp³-hybridized carbons (Fsp3) is 0.462. The molecule has 0 unspecified atom stereocenters. The number of nitro groups is 1. The molecule has 21 heavy (non-hydrogen) atoms. The first-order valence-corrected chi connectivity index (χ1v) is 6.52. The van der Waals surface area contributed by atoms with Gasteiger partial charge in [0.15, 0.2) is 6.61 Å². The molecule has 8 nitrogen and oxygen atoms in total. The summed E-state index contributed by atoms with van der Waals surface area (Å²) in [6.07, 6.45) is 0.680. The summed E-state index contributed by atoms with van der Waals surface area (Å²) < 4.78 is 10.4. The van der Waals surface area contributed by atoms with Gasteiger partial charge in [-0.25, -0.2) is 0 Å². The molecule has 0 bridgehead atoms. The Morgan fingerprint density at radius 1 is 1.38 bits per heavy atom. The highest BCUT2D eigenvalue weighted by Crippen LogP contribution is 2.25. The lowest BCUT2D eigenvalue weighted by Gasteiger charge is -2.03. The summed E-state index contributed by atoms with van der Waals surface area (Å²) in [5, 5.41) is 14.7. The first-order chi connectivity index (χ1) is 9.95. The topological polar surface area (TPSA) is 104 Å². The summed E-state index contributed by atoms with van der Waals surface area (Å²) >= 11 is 0. The first kappa shape index (κ1) is 14.9. The highest BCUT2D eigenvalue weighted by Gasteiger charge is 2.18. The Bertz CT molecular complexity index is 639. The summed E-state index contributed by atoms with van der Waals surface area (Å²) in [7, 11) is 0. The minimum atomic E-state index is -0.581. The third-order valence-electron chi connectivity index (χ3n) is 2.60. The van der Waals surface area contributed by atoms with Gasteiger partial charge in [-0.05, 0) is 28.0 Å². The minimum absolute atomic E-state index is 0.00677. The maximum absolute atomic E-state index is 10.9. The quantitative estimate of drug-likeness (QED) is 0.594. The zero-order chi connectivity index (χ0) is 15.4. The molecule has 0 radical (unpaired) electrons. The van der Waals surface area contributed by atoms with Crippen molar-refractivity contribution >= 4 is 5.82 Å². The van der Waals surface area contributed by atoms with Crippen molar-refractivity contribution in [1.29, 1.82) is 0 Å². The van der Waals surface area contributed by atoms with Crippen molar-refractivity contribution in [3.8, 4) is 5.75 Å². The van der Waals surface area contributed by atoms with Crippen LogP contribution < -0.4 is 4.74 Å². The molecular formula is C13H16N4O4. The second-order valence-electron chi connectivity index (χ2n) is 5.02. The number of rotatable bonds is 6. The summed E-state index contributed by atoms with van der Waals surface area (Å²) in [6.45, 7) is 5.75. The number of aromatic nitrogens is 3. The van der Waals surface area contributed by atoms with E-state index in [0.29, 0.717) is 29.7 Å². The monoisotopic (exact) mass is 292 g/mol. The zero-order valence-electron chi connectivity index (χ0n) is 12.1. The molecule has 0 amide bonds. The van der Waals surface area contributed by atoms with Gasteiger partial charge in [0.05, 0.1) is 0 Å². The van der Waals surface area contributed by atoms with Crippen LogP contribution in [0.3, 0.4) is 0 Å². The van der Waals surface area contributed by atoms with Gasteiger partial charge in [-0.1, -0.05) is 19.0 Å². The molecule has 0 aliphatic carbocycles. The average Bonchev–Trinajstić information content (AvgIpc) is 2.83. The van der Waals surface area contributed by atoms with Crippen LogP contribution in [0, 0.1) is 23.0 Å². The lowest BCUT2D eigenvalue weighted by molar-refractivity contribution is -0.390. The largest absolute Gasteiger partial charge is 0.477 e. The number of nitrogens with zero attached hydrogens (tertiary/aromatic N) is 4. The van der Waals surface area contributed by atoms with Gasteiger partial charge in [0, 0.05) is 13.3 Å². The van der Waals surface area contributed by atoms with Gasteiger partial charge in [-0.3, -0.25) is 0 Å². The van der Waals surface area contributed by atoms with E-state index in [0.717, 1.165) is 0 Å². The van der Waals surface area contributed by atoms with Crippen LogP contribution in [0.15, 0.2) is 16.7 Å². The number of aryl methyl sites for hydroxylation is 1. The Balaban J connectivity index is 2.06. The van der Waals surface area contributed by atoms with Gasteiger partial charge in [0.25, 0.3) is 0 Å². The molecule has 0 saturated heterocycles. The second-order valence-corrected chi connectivity index (χ2v) is 5.02. The molecule has 0 spiro atoms. The van der Waals surface area contributed by atoms with E-state index in [2.05, 4.69) is 15.1 Å². The van der Waals surface area contributed by atoms with Crippen LogP contribution in [0.25, 0.3) is 0 Å². The van der Waals surface area contributed by atoms with Gasteiger partial charge in [-0.2, -0.15) is 4.98 Å². The van der Waals surface area contributed by atoms with E-state index in [4.69, 9.17) is 9.26 Å². The van der Waals surface area contributed by atoms with Crippen LogP contribution >= 0.6 is 0 Å². The summed E-state index contributed by atoms with van der Waals surface area (Å²) in [5.41, 5.74) is 0.549. The number of ether oxygens (including phenoxy) is 1. The van der Waals surface area contributed by atoms with Gasteiger partial charge in [-0.15, -0.1) is 0 Å². The van der Waals surface area contributed by atoms with Gasteiger partial charge in [0.1, 0.15) is 5.69 Å². The highest BCUT2D eigenvalue weighted by atomic mass is 16.6. The maximum atomic E-state index is 10.9. The van der Waals surface area contributed by atoms with E-state index in [1.807, 2.05) is 13.8 Å². The third-order valence-corrected chi connectivity index (χ3v) is 2.60. The Labute approximate surface area is 121 Å². The number of pyridine rings is 1. The Hall–Kier alpha value is -2.51. The zero-order valence-corrected chi connectivity index (χ0v) is 12.1. The molecule has 0 aliphatic heterocycles. The summed E-state index contributed by atoms with van der Waals surface area (Å²) in [4.78, 5) is 18.3. The van der Waals surface area contributed by atoms with Crippen LogP contribution in [-0.4, -0.2) is 20.0 Å². The van der Waals surface area contributed by atoms with Crippen LogP contribution in [0.4, 0.5) is 5.82 Å². The molecule has 0 saturated carbocycles. The predicted octanol–water partition coefficient (Wildman–Crippen LogP) is 2.46. The van der Waals surface area contributed by atoms with Crippen LogP contribution in [0.1, 0.15) is 31.3 Å². The standard InChI is InChI=1S/C13H16N4O4/c1-8(2)6-12-15-11(16-21-12)7-20-10-5-4-9(3)14-13(10)17(18)19/h4-5,8H,6-7H2,1-3H3. The maximum Gasteiger partial charge on any atom is 0.406 e. The predicted molar refractivity (Wildman–Crippen MR) is 72.8 cm³/mol. The van der Waals surface area contributed by atoms with Crippen molar-refractivity contribution in [2.45, 2.75) is 33.8 Å².